The number of carbonyl (C=O) groups is 1. The highest BCUT2D eigenvalue weighted by Gasteiger charge is 2.52. The lowest BCUT2D eigenvalue weighted by molar-refractivity contribution is -0.192. The Bertz CT molecular complexity index is 538. The number of allylic oxidation sites excluding steroid dienone is 2. The van der Waals surface area contributed by atoms with Crippen molar-refractivity contribution in [3.63, 3.8) is 0 Å². The molecule has 154 valence electrons. The van der Waals surface area contributed by atoms with E-state index in [1.54, 1.807) is 0 Å². The van der Waals surface area contributed by atoms with E-state index in [1.165, 1.54) is 31.7 Å². The zero-order valence-corrected chi connectivity index (χ0v) is 18.3. The van der Waals surface area contributed by atoms with E-state index in [4.69, 9.17) is 14.2 Å². The normalized spacial score (nSPS) is 21.0. The maximum atomic E-state index is 12.6. The summed E-state index contributed by atoms with van der Waals surface area (Å²) in [6, 6.07) is 0. The first-order valence-electron chi connectivity index (χ1n) is 9.74. The van der Waals surface area contributed by atoms with Crippen molar-refractivity contribution in [1.82, 2.24) is 0 Å². The topological polar surface area (TPSA) is 57.1 Å². The number of thioether (sulfide) groups is 1. The van der Waals surface area contributed by atoms with Crippen molar-refractivity contribution in [1.29, 1.82) is 0 Å². The van der Waals surface area contributed by atoms with Crippen LogP contribution < -0.4 is 0 Å². The Morgan fingerprint density at radius 2 is 1.74 bits per heavy atom. The molecule has 1 saturated heterocycles. The van der Waals surface area contributed by atoms with Crippen LogP contribution in [-0.4, -0.2) is 44.0 Å². The van der Waals surface area contributed by atoms with Gasteiger partial charge in [0.2, 0.25) is 0 Å². The third kappa shape index (κ3) is 6.19. The van der Waals surface area contributed by atoms with Crippen molar-refractivity contribution in [3.05, 3.63) is 23.8 Å². The highest BCUT2D eigenvalue weighted by molar-refractivity contribution is 8.02. The van der Waals surface area contributed by atoms with Gasteiger partial charge in [-0.15, -0.1) is 11.8 Å². The number of aliphatic imine (C=N–C) groups is 1. The summed E-state index contributed by atoms with van der Waals surface area (Å²) in [6.07, 6.45) is 10.8. The molecule has 1 aliphatic heterocycles. The zero-order valence-electron chi connectivity index (χ0n) is 17.5. The molecule has 0 N–H and O–H groups in total. The number of carbonyl (C=O) groups excluding carboxylic acids is 1. The van der Waals surface area contributed by atoms with Crippen molar-refractivity contribution in [2.24, 2.45) is 10.4 Å². The molecule has 2 rings (SSSR count). The molecule has 0 atom stereocenters. The van der Waals surface area contributed by atoms with E-state index in [9.17, 15) is 4.79 Å². The summed E-state index contributed by atoms with van der Waals surface area (Å²) in [5.74, 6) is -0.786. The number of rotatable bonds is 6. The molecule has 0 amide bonds. The molecule has 1 saturated carbocycles. The second-order valence-electron chi connectivity index (χ2n) is 6.78. The maximum Gasteiger partial charge on any atom is 0.317 e. The number of esters is 1. The van der Waals surface area contributed by atoms with Gasteiger partial charge < -0.3 is 14.2 Å². The van der Waals surface area contributed by atoms with Crippen LogP contribution in [0, 0.1) is 5.41 Å². The number of unbranched alkanes of at least 4 members (excludes halogenated alkanes) is 1. The van der Waals surface area contributed by atoms with Gasteiger partial charge in [0, 0.05) is 12.8 Å². The molecule has 27 heavy (non-hydrogen) atoms. The van der Waals surface area contributed by atoms with Gasteiger partial charge in [0.05, 0.1) is 31.1 Å². The SMILES string of the molecule is C=C(/N=C(\C=C/C)C1(C(=O)OC)CCC2(CC1)OCCO2)SC.CCCC. The Balaban J connectivity index is 0.000000828. The minimum atomic E-state index is -0.763. The van der Waals surface area contributed by atoms with Crippen LogP contribution in [0.15, 0.2) is 28.8 Å². The molecule has 6 heteroatoms. The fraction of sp³-hybridized carbons (Fsp3) is 0.714. The standard InChI is InChI=1S/C17H25NO4S.C4H10/c1-5-6-14(18-13(2)23-4)16(15(19)20-3)7-9-17(10-8-16)21-11-12-22-17;1-3-4-2/h5-6H,2,7-12H2,1,3-4H3;3-4H2,1-2H3/b6-5-,18-14+;. The van der Waals surface area contributed by atoms with E-state index < -0.39 is 11.2 Å². The van der Waals surface area contributed by atoms with Crippen LogP contribution in [0.4, 0.5) is 0 Å². The van der Waals surface area contributed by atoms with Gasteiger partial charge in [-0.05, 0) is 32.1 Å². The molecule has 5 nitrogen and oxygen atoms in total. The summed E-state index contributed by atoms with van der Waals surface area (Å²) < 4.78 is 16.7. The molecule has 0 aromatic heterocycles. The van der Waals surface area contributed by atoms with E-state index in [0.29, 0.717) is 49.6 Å². The van der Waals surface area contributed by atoms with Crippen LogP contribution in [-0.2, 0) is 19.0 Å². The van der Waals surface area contributed by atoms with Crippen molar-refractivity contribution in [2.45, 2.75) is 65.1 Å². The molecular weight excluding hydrogens is 362 g/mol. The van der Waals surface area contributed by atoms with Crippen molar-refractivity contribution in [2.75, 3.05) is 26.6 Å². The van der Waals surface area contributed by atoms with E-state index >= 15 is 0 Å². The van der Waals surface area contributed by atoms with Gasteiger partial charge in [0.1, 0.15) is 5.41 Å². The molecule has 0 radical (unpaired) electrons. The van der Waals surface area contributed by atoms with Crippen LogP contribution >= 0.6 is 11.8 Å². The quantitative estimate of drug-likeness (QED) is 0.460. The monoisotopic (exact) mass is 397 g/mol. The lowest BCUT2D eigenvalue weighted by Crippen LogP contribution is -2.48. The summed E-state index contributed by atoms with van der Waals surface area (Å²) in [5.41, 5.74) is -0.0560. The molecule has 0 bridgehead atoms. The average Bonchev–Trinajstić information content (AvgIpc) is 3.16. The molecule has 0 aromatic rings. The first-order chi connectivity index (χ1) is 12.9. The van der Waals surface area contributed by atoms with Gasteiger partial charge in [-0.2, -0.15) is 0 Å². The number of hydrogen-bond donors (Lipinski definition) is 0. The second kappa shape index (κ2) is 11.7. The van der Waals surface area contributed by atoms with Crippen LogP contribution in [0.25, 0.3) is 0 Å². The highest BCUT2D eigenvalue weighted by Crippen LogP contribution is 2.47. The highest BCUT2D eigenvalue weighted by atomic mass is 32.2. The summed E-state index contributed by atoms with van der Waals surface area (Å²) in [5, 5.41) is 0.676. The Kier molecular flexibility index (Phi) is 10.3. The van der Waals surface area contributed by atoms with Gasteiger partial charge in [0.15, 0.2) is 5.79 Å². The first-order valence-corrected chi connectivity index (χ1v) is 11.0. The third-order valence-corrected chi connectivity index (χ3v) is 5.61. The van der Waals surface area contributed by atoms with Crippen molar-refractivity contribution in [3.8, 4) is 0 Å². The molecule has 0 unspecified atom stereocenters. The van der Waals surface area contributed by atoms with Gasteiger partial charge in [0.25, 0.3) is 0 Å². The van der Waals surface area contributed by atoms with Crippen molar-refractivity contribution >= 4 is 23.4 Å². The second-order valence-corrected chi connectivity index (χ2v) is 7.66. The first kappa shape index (κ1) is 23.9. The van der Waals surface area contributed by atoms with E-state index in [1.807, 2.05) is 25.3 Å². The van der Waals surface area contributed by atoms with Gasteiger partial charge in [-0.3, -0.25) is 4.79 Å². The van der Waals surface area contributed by atoms with Gasteiger partial charge in [-0.25, -0.2) is 4.99 Å². The summed E-state index contributed by atoms with van der Waals surface area (Å²) in [4.78, 5) is 17.2. The molecule has 1 aliphatic carbocycles. The molecule has 2 aliphatic rings. The van der Waals surface area contributed by atoms with Gasteiger partial charge >= 0.3 is 5.97 Å². The van der Waals surface area contributed by atoms with Crippen LogP contribution in [0.3, 0.4) is 0 Å². The predicted molar refractivity (Wildman–Crippen MR) is 113 cm³/mol. The minimum absolute atomic E-state index is 0.254. The smallest absolute Gasteiger partial charge is 0.317 e. The zero-order chi connectivity index (χ0) is 20.3. The average molecular weight is 398 g/mol. The molecule has 1 heterocycles. The Hall–Kier alpha value is -1.11. The number of hydrogen-bond acceptors (Lipinski definition) is 6. The Morgan fingerprint density at radius 3 is 2.15 bits per heavy atom. The van der Waals surface area contributed by atoms with Gasteiger partial charge in [-0.1, -0.05) is 39.3 Å². The summed E-state index contributed by atoms with van der Waals surface area (Å²) in [6.45, 7) is 11.4. The maximum absolute atomic E-state index is 12.6. The number of nitrogens with zero attached hydrogens (tertiary/aromatic N) is 1. The largest absolute Gasteiger partial charge is 0.468 e. The third-order valence-electron chi connectivity index (χ3n) is 5.05. The lowest BCUT2D eigenvalue weighted by atomic mass is 9.68. The summed E-state index contributed by atoms with van der Waals surface area (Å²) in [7, 11) is 1.42. The van der Waals surface area contributed by atoms with Crippen molar-refractivity contribution < 1.29 is 19.0 Å². The predicted octanol–water partition coefficient (Wildman–Crippen LogP) is 5.12. The molecule has 0 aromatic carbocycles. The van der Waals surface area contributed by atoms with Crippen LogP contribution in [0.1, 0.15) is 59.3 Å². The summed E-state index contributed by atoms with van der Waals surface area (Å²) >= 11 is 1.46. The number of methoxy groups -OCH3 is 1. The Labute approximate surface area is 168 Å². The van der Waals surface area contributed by atoms with Crippen LogP contribution in [0.2, 0.25) is 0 Å². The molecule has 2 fully saturated rings. The fourth-order valence-electron chi connectivity index (χ4n) is 3.25. The fourth-order valence-corrected chi connectivity index (χ4v) is 3.43. The van der Waals surface area contributed by atoms with E-state index in [-0.39, 0.29) is 5.97 Å². The lowest BCUT2D eigenvalue weighted by Gasteiger charge is -2.41. The Morgan fingerprint density at radius 1 is 1.19 bits per heavy atom. The molecule has 1 spiro atoms. The number of ether oxygens (including phenoxy) is 3. The van der Waals surface area contributed by atoms with E-state index in [0.717, 1.165) is 0 Å². The minimum Gasteiger partial charge on any atom is -0.468 e. The molecular formula is C21H35NO4S. The van der Waals surface area contributed by atoms with Crippen LogP contribution in [0.5, 0.6) is 0 Å². The van der Waals surface area contributed by atoms with E-state index in [2.05, 4.69) is 25.4 Å².